The van der Waals surface area contributed by atoms with Crippen molar-refractivity contribution in [3.8, 4) is 0 Å². The van der Waals surface area contributed by atoms with Crippen LogP contribution in [0.1, 0.15) is 15.9 Å². The maximum absolute atomic E-state index is 12.3. The number of aliphatic hydroxyl groups is 1. The molecule has 0 fully saturated rings. The number of aliphatic hydroxyl groups excluding tert-OH is 1. The summed E-state index contributed by atoms with van der Waals surface area (Å²) in [7, 11) is 0. The predicted octanol–water partition coefficient (Wildman–Crippen LogP) is 0.786. The van der Waals surface area contributed by atoms with Gasteiger partial charge in [-0.2, -0.15) is 0 Å². The van der Waals surface area contributed by atoms with Gasteiger partial charge in [-0.25, -0.2) is 4.98 Å². The Labute approximate surface area is 142 Å². The second-order valence-corrected chi connectivity index (χ2v) is 5.57. The van der Waals surface area contributed by atoms with Gasteiger partial charge in [0.05, 0.1) is 16.8 Å². The highest BCUT2D eigenvalue weighted by Gasteiger charge is 2.21. The maximum atomic E-state index is 12.3. The highest BCUT2D eigenvalue weighted by atomic mass is 16.3. The first-order valence-corrected chi connectivity index (χ1v) is 7.56. The van der Waals surface area contributed by atoms with Crippen molar-refractivity contribution >= 4 is 34.5 Å². The van der Waals surface area contributed by atoms with Gasteiger partial charge in [-0.1, -0.05) is 30.3 Å². The molecule has 8 heteroatoms. The first-order valence-electron chi connectivity index (χ1n) is 7.56. The fourth-order valence-electron chi connectivity index (χ4n) is 2.59. The lowest BCUT2D eigenvalue weighted by Crippen LogP contribution is -2.30. The third-order valence-corrected chi connectivity index (χ3v) is 3.75. The van der Waals surface area contributed by atoms with Gasteiger partial charge in [0.15, 0.2) is 5.95 Å². The Morgan fingerprint density at radius 1 is 1.20 bits per heavy atom. The van der Waals surface area contributed by atoms with Crippen molar-refractivity contribution in [3.63, 3.8) is 0 Å². The standard InChI is InChI=1S/C17H17N5O3/c18-15(24)13-10(6-7-11-14(13)22-17(19)21-11)20-16(25)12(23)8-9-4-2-1-3-5-9/h1-7,12,23H,8H2,(H2,18,24)(H,20,25)(H3,19,21,22). The Kier molecular flexibility index (Phi) is 4.36. The molecule has 1 heterocycles. The van der Waals surface area contributed by atoms with Gasteiger partial charge in [0.2, 0.25) is 0 Å². The Hall–Kier alpha value is -3.39. The normalized spacial score (nSPS) is 12.0. The maximum Gasteiger partial charge on any atom is 0.253 e. The van der Waals surface area contributed by atoms with E-state index in [0.29, 0.717) is 5.52 Å². The lowest BCUT2D eigenvalue weighted by Gasteiger charge is -2.13. The van der Waals surface area contributed by atoms with Crippen LogP contribution in [-0.4, -0.2) is 33.0 Å². The van der Waals surface area contributed by atoms with E-state index in [0.717, 1.165) is 5.56 Å². The third kappa shape index (κ3) is 3.43. The van der Waals surface area contributed by atoms with Crippen molar-refractivity contribution in [2.24, 2.45) is 5.73 Å². The lowest BCUT2D eigenvalue weighted by molar-refractivity contribution is -0.123. The average molecular weight is 339 g/mol. The number of carbonyl (C=O) groups is 2. The average Bonchev–Trinajstić information content (AvgIpc) is 2.95. The second-order valence-electron chi connectivity index (χ2n) is 5.57. The number of H-pyrrole nitrogens is 1. The summed E-state index contributed by atoms with van der Waals surface area (Å²) in [5.41, 5.74) is 12.8. The van der Waals surface area contributed by atoms with Crippen LogP contribution in [0.4, 0.5) is 11.6 Å². The van der Waals surface area contributed by atoms with Crippen molar-refractivity contribution in [2.75, 3.05) is 11.1 Å². The number of imidazole rings is 1. The molecule has 0 saturated heterocycles. The molecule has 1 atom stereocenters. The number of primary amides is 1. The third-order valence-electron chi connectivity index (χ3n) is 3.75. The van der Waals surface area contributed by atoms with Gasteiger partial charge >= 0.3 is 0 Å². The quantitative estimate of drug-likeness (QED) is 0.466. The molecule has 0 aliphatic carbocycles. The summed E-state index contributed by atoms with van der Waals surface area (Å²) in [5.74, 6) is -1.27. The molecule has 0 radical (unpaired) electrons. The molecule has 0 saturated carbocycles. The largest absolute Gasteiger partial charge is 0.383 e. The number of nitrogens with one attached hydrogen (secondary N) is 2. The zero-order chi connectivity index (χ0) is 18.0. The summed E-state index contributed by atoms with van der Waals surface area (Å²) in [6.45, 7) is 0. The minimum Gasteiger partial charge on any atom is -0.383 e. The minimum atomic E-state index is -1.27. The van der Waals surface area contributed by atoms with Gasteiger partial charge in [0, 0.05) is 6.42 Å². The number of hydrogen-bond acceptors (Lipinski definition) is 5. The fourth-order valence-corrected chi connectivity index (χ4v) is 2.59. The molecule has 0 bridgehead atoms. The van der Waals surface area contributed by atoms with E-state index in [1.54, 1.807) is 6.07 Å². The Morgan fingerprint density at radius 3 is 2.60 bits per heavy atom. The van der Waals surface area contributed by atoms with Crippen LogP contribution in [0, 0.1) is 0 Å². The molecule has 8 nitrogen and oxygen atoms in total. The highest BCUT2D eigenvalue weighted by molar-refractivity contribution is 6.12. The number of hydrogen-bond donors (Lipinski definition) is 5. The SMILES string of the molecule is NC(=O)c1c(NC(=O)C(O)Cc2ccccc2)ccc2[nH]c(N)nc12. The predicted molar refractivity (Wildman–Crippen MR) is 93.8 cm³/mol. The molecule has 3 aromatic rings. The van der Waals surface area contributed by atoms with Gasteiger partial charge in [0.1, 0.15) is 11.6 Å². The molecule has 0 spiro atoms. The van der Waals surface area contributed by atoms with Crippen LogP contribution < -0.4 is 16.8 Å². The van der Waals surface area contributed by atoms with Gasteiger partial charge in [0.25, 0.3) is 11.8 Å². The molecule has 128 valence electrons. The van der Waals surface area contributed by atoms with Crippen LogP contribution in [-0.2, 0) is 11.2 Å². The van der Waals surface area contributed by atoms with E-state index in [4.69, 9.17) is 11.5 Å². The van der Waals surface area contributed by atoms with Crippen LogP contribution in [0.2, 0.25) is 0 Å². The van der Waals surface area contributed by atoms with Crippen molar-refractivity contribution in [1.29, 1.82) is 0 Å². The Morgan fingerprint density at radius 2 is 1.92 bits per heavy atom. The molecule has 2 aromatic carbocycles. The van der Waals surface area contributed by atoms with Crippen LogP contribution in [0.25, 0.3) is 11.0 Å². The van der Waals surface area contributed by atoms with E-state index >= 15 is 0 Å². The monoisotopic (exact) mass is 339 g/mol. The summed E-state index contributed by atoms with van der Waals surface area (Å²) in [6, 6.07) is 12.2. The molecule has 3 rings (SSSR count). The summed E-state index contributed by atoms with van der Waals surface area (Å²) >= 11 is 0. The summed E-state index contributed by atoms with van der Waals surface area (Å²) in [6.07, 6.45) is -1.13. The number of aromatic amines is 1. The van der Waals surface area contributed by atoms with Crippen LogP contribution in [0.3, 0.4) is 0 Å². The second kappa shape index (κ2) is 6.62. The van der Waals surface area contributed by atoms with E-state index in [1.807, 2.05) is 30.3 Å². The van der Waals surface area contributed by atoms with Crippen LogP contribution >= 0.6 is 0 Å². The molecule has 1 unspecified atom stereocenters. The zero-order valence-electron chi connectivity index (χ0n) is 13.2. The molecule has 2 amide bonds. The number of nitrogens with zero attached hydrogens (tertiary/aromatic N) is 1. The van der Waals surface area contributed by atoms with Crippen molar-refractivity contribution < 1.29 is 14.7 Å². The first kappa shape index (κ1) is 16.5. The van der Waals surface area contributed by atoms with Crippen molar-refractivity contribution in [3.05, 3.63) is 53.6 Å². The molecular weight excluding hydrogens is 322 g/mol. The smallest absolute Gasteiger partial charge is 0.253 e. The van der Waals surface area contributed by atoms with Gasteiger partial charge in [-0.15, -0.1) is 0 Å². The van der Waals surface area contributed by atoms with E-state index in [9.17, 15) is 14.7 Å². The highest BCUT2D eigenvalue weighted by Crippen LogP contribution is 2.25. The number of carbonyl (C=O) groups excluding carboxylic acids is 2. The molecular formula is C17H17N5O3. The minimum absolute atomic E-state index is 0.0331. The number of anilines is 2. The van der Waals surface area contributed by atoms with E-state index < -0.39 is 17.9 Å². The molecule has 0 aliphatic rings. The number of amides is 2. The Bertz CT molecular complexity index is 936. The van der Waals surface area contributed by atoms with Crippen molar-refractivity contribution in [1.82, 2.24) is 9.97 Å². The zero-order valence-corrected chi connectivity index (χ0v) is 13.2. The van der Waals surface area contributed by atoms with Crippen LogP contribution in [0.15, 0.2) is 42.5 Å². The number of nitrogen functional groups attached to an aromatic ring is 1. The molecule has 0 aliphatic heterocycles. The van der Waals surface area contributed by atoms with Gasteiger partial charge < -0.3 is 26.9 Å². The summed E-state index contributed by atoms with van der Waals surface area (Å²) in [5, 5.41) is 12.6. The number of aromatic nitrogens is 2. The topological polar surface area (TPSA) is 147 Å². The van der Waals surface area contributed by atoms with E-state index in [2.05, 4.69) is 15.3 Å². The molecule has 25 heavy (non-hydrogen) atoms. The van der Waals surface area contributed by atoms with Crippen LogP contribution in [0.5, 0.6) is 0 Å². The number of benzene rings is 2. The number of nitrogens with two attached hydrogens (primary N) is 2. The van der Waals surface area contributed by atoms with E-state index in [-0.39, 0.29) is 29.1 Å². The number of fused-ring (bicyclic) bond motifs is 1. The fraction of sp³-hybridized carbons (Fsp3) is 0.118. The molecule has 1 aromatic heterocycles. The van der Waals surface area contributed by atoms with E-state index in [1.165, 1.54) is 6.07 Å². The van der Waals surface area contributed by atoms with Gasteiger partial charge in [-0.3, -0.25) is 9.59 Å². The summed E-state index contributed by atoms with van der Waals surface area (Å²) < 4.78 is 0. The lowest BCUT2D eigenvalue weighted by atomic mass is 10.1. The summed E-state index contributed by atoms with van der Waals surface area (Å²) in [4.78, 5) is 30.9. The molecule has 7 N–H and O–H groups in total. The van der Waals surface area contributed by atoms with Crippen molar-refractivity contribution in [2.45, 2.75) is 12.5 Å². The first-order chi connectivity index (χ1) is 12.0. The number of rotatable bonds is 5. The van der Waals surface area contributed by atoms with Gasteiger partial charge in [-0.05, 0) is 17.7 Å². The Balaban J connectivity index is 1.85.